The van der Waals surface area contributed by atoms with Gasteiger partial charge in [-0.3, -0.25) is 4.79 Å². The van der Waals surface area contributed by atoms with E-state index in [1.54, 1.807) is 12.1 Å². The third kappa shape index (κ3) is 5.23. The molecule has 2 aliphatic heterocycles. The van der Waals surface area contributed by atoms with Gasteiger partial charge in [-0.2, -0.15) is 0 Å². The zero-order valence-electron chi connectivity index (χ0n) is 16.0. The molecule has 3 rings (SSSR count). The van der Waals surface area contributed by atoms with Crippen LogP contribution in [0.15, 0.2) is 29.2 Å². The van der Waals surface area contributed by atoms with E-state index in [0.717, 1.165) is 50.9 Å². The number of nitrogens with one attached hydrogen (secondary N) is 1. The Labute approximate surface area is 166 Å². The van der Waals surface area contributed by atoms with Gasteiger partial charge in [0.2, 0.25) is 15.9 Å². The quantitative estimate of drug-likeness (QED) is 0.754. The van der Waals surface area contributed by atoms with Crippen molar-refractivity contribution in [1.82, 2.24) is 15.1 Å². The van der Waals surface area contributed by atoms with E-state index in [4.69, 9.17) is 5.14 Å². The number of hydrogen-bond donors (Lipinski definition) is 2. The Balaban J connectivity index is 1.46. The molecule has 3 N–H and O–H groups in total. The number of piperidine rings is 1. The maximum absolute atomic E-state index is 12.5. The lowest BCUT2D eigenvalue weighted by atomic mass is 9.97. The van der Waals surface area contributed by atoms with E-state index in [2.05, 4.69) is 5.32 Å². The average Bonchev–Trinajstić information content (AvgIpc) is 3.22. The third-order valence-corrected chi connectivity index (χ3v) is 6.33. The molecule has 154 valence electrons. The minimum Gasteiger partial charge on any atom is -0.355 e. The lowest BCUT2D eigenvalue weighted by Gasteiger charge is -2.34. The van der Waals surface area contributed by atoms with E-state index >= 15 is 0 Å². The minimum absolute atomic E-state index is 0.0277. The summed E-state index contributed by atoms with van der Waals surface area (Å²) in [6.45, 7) is 3.29. The first kappa shape index (κ1) is 20.6. The summed E-state index contributed by atoms with van der Waals surface area (Å²) in [7, 11) is -3.69. The molecule has 8 nitrogen and oxygen atoms in total. The Morgan fingerprint density at radius 2 is 1.68 bits per heavy atom. The van der Waals surface area contributed by atoms with Gasteiger partial charge in [0.1, 0.15) is 0 Å². The lowest BCUT2D eigenvalue weighted by molar-refractivity contribution is -0.126. The van der Waals surface area contributed by atoms with Gasteiger partial charge < -0.3 is 15.1 Å². The summed E-state index contributed by atoms with van der Waals surface area (Å²) >= 11 is 0. The van der Waals surface area contributed by atoms with E-state index in [0.29, 0.717) is 19.5 Å². The van der Waals surface area contributed by atoms with Crippen molar-refractivity contribution < 1.29 is 18.0 Å². The second kappa shape index (κ2) is 8.91. The summed E-state index contributed by atoms with van der Waals surface area (Å²) in [5.74, 6) is -0.204. The van der Waals surface area contributed by atoms with Gasteiger partial charge in [0.25, 0.3) is 0 Å². The summed E-state index contributed by atoms with van der Waals surface area (Å²) in [5.41, 5.74) is 0.919. The molecule has 0 aliphatic carbocycles. The molecule has 1 atom stereocenters. The molecule has 2 saturated heterocycles. The molecule has 2 heterocycles. The maximum atomic E-state index is 12.5. The second-order valence-electron chi connectivity index (χ2n) is 7.49. The largest absolute Gasteiger partial charge is 0.355 e. The predicted octanol–water partition coefficient (Wildman–Crippen LogP) is 0.920. The van der Waals surface area contributed by atoms with Crippen molar-refractivity contribution in [3.8, 4) is 0 Å². The van der Waals surface area contributed by atoms with Gasteiger partial charge in [-0.05, 0) is 49.8 Å². The highest BCUT2D eigenvalue weighted by molar-refractivity contribution is 7.89. The van der Waals surface area contributed by atoms with Gasteiger partial charge in [0, 0.05) is 32.7 Å². The van der Waals surface area contributed by atoms with Crippen LogP contribution in [0.25, 0.3) is 0 Å². The number of likely N-dealkylation sites (tertiary alicyclic amines) is 2. The molecule has 9 heteroatoms. The number of primary sulfonamides is 1. The topological polar surface area (TPSA) is 113 Å². The molecular weight excluding hydrogens is 380 g/mol. The van der Waals surface area contributed by atoms with Gasteiger partial charge in [-0.25, -0.2) is 18.4 Å². The molecule has 2 aliphatic rings. The van der Waals surface area contributed by atoms with Crippen molar-refractivity contribution in [1.29, 1.82) is 0 Å². The van der Waals surface area contributed by atoms with Crippen LogP contribution >= 0.6 is 0 Å². The normalized spacial score (nSPS) is 20.2. The number of carbonyl (C=O) groups is 2. The van der Waals surface area contributed by atoms with Crippen LogP contribution in [0.1, 0.15) is 31.2 Å². The monoisotopic (exact) mass is 408 g/mol. The third-order valence-electron chi connectivity index (χ3n) is 5.40. The van der Waals surface area contributed by atoms with Gasteiger partial charge in [0.15, 0.2) is 0 Å². The number of urea groups is 1. The highest BCUT2D eigenvalue weighted by atomic mass is 32.2. The fourth-order valence-electron chi connectivity index (χ4n) is 3.79. The van der Waals surface area contributed by atoms with Crippen LogP contribution in [0.4, 0.5) is 4.79 Å². The fraction of sp³-hybridized carbons (Fsp3) is 0.579. The molecule has 3 amide bonds. The highest BCUT2D eigenvalue weighted by Crippen LogP contribution is 2.20. The van der Waals surface area contributed by atoms with E-state index < -0.39 is 10.0 Å². The van der Waals surface area contributed by atoms with Crippen LogP contribution < -0.4 is 10.5 Å². The number of sulfonamides is 1. The smallest absolute Gasteiger partial charge is 0.320 e. The van der Waals surface area contributed by atoms with Crippen LogP contribution in [-0.2, 0) is 21.2 Å². The zero-order chi connectivity index (χ0) is 20.1. The molecular formula is C19H28N4O4S. The summed E-state index contributed by atoms with van der Waals surface area (Å²) < 4.78 is 22.5. The van der Waals surface area contributed by atoms with Crippen molar-refractivity contribution in [3.63, 3.8) is 0 Å². The van der Waals surface area contributed by atoms with Crippen molar-refractivity contribution in [2.75, 3.05) is 32.7 Å². The van der Waals surface area contributed by atoms with Crippen molar-refractivity contribution in [2.24, 2.45) is 11.1 Å². The predicted molar refractivity (Wildman–Crippen MR) is 105 cm³/mol. The van der Waals surface area contributed by atoms with Gasteiger partial charge in [0.05, 0.1) is 10.8 Å². The van der Waals surface area contributed by atoms with E-state index in [1.165, 1.54) is 12.1 Å². The molecule has 28 heavy (non-hydrogen) atoms. The number of benzene rings is 1. The van der Waals surface area contributed by atoms with E-state index in [9.17, 15) is 18.0 Å². The molecule has 0 spiro atoms. The van der Waals surface area contributed by atoms with Crippen molar-refractivity contribution in [3.05, 3.63) is 29.8 Å². The first-order chi connectivity index (χ1) is 13.3. The van der Waals surface area contributed by atoms with Crippen LogP contribution in [0.2, 0.25) is 0 Å². The number of hydrogen-bond acceptors (Lipinski definition) is 4. The average molecular weight is 409 g/mol. The van der Waals surface area contributed by atoms with Crippen molar-refractivity contribution >= 4 is 22.0 Å². The summed E-state index contributed by atoms with van der Waals surface area (Å²) in [5, 5.41) is 8.03. The van der Waals surface area contributed by atoms with E-state index in [-0.39, 0.29) is 22.8 Å². The van der Waals surface area contributed by atoms with Gasteiger partial charge in [-0.1, -0.05) is 12.1 Å². The summed E-state index contributed by atoms with van der Waals surface area (Å²) in [6.07, 6.45) is 4.34. The standard InChI is InChI=1S/C19H28N4O4S/c20-28(26,27)17-7-5-15(6-8-17)9-10-21-18(24)16-4-3-13-23(14-16)19(25)22-11-1-2-12-22/h5-8,16H,1-4,9-14H2,(H,21,24)(H2,20,26,27)/t16-/m1/s1. The Morgan fingerprint density at radius 3 is 2.32 bits per heavy atom. The van der Waals surface area contributed by atoms with Gasteiger partial charge in [-0.15, -0.1) is 0 Å². The van der Waals surface area contributed by atoms with Crippen LogP contribution in [0.5, 0.6) is 0 Å². The Morgan fingerprint density at radius 1 is 1.04 bits per heavy atom. The van der Waals surface area contributed by atoms with E-state index in [1.807, 2.05) is 9.80 Å². The molecule has 0 radical (unpaired) electrons. The number of amides is 3. The molecule has 0 aromatic heterocycles. The SMILES string of the molecule is NS(=O)(=O)c1ccc(CCNC(=O)[C@@H]2CCCN(C(=O)N3CCCC3)C2)cc1. The molecule has 2 fully saturated rings. The van der Waals surface area contributed by atoms with Gasteiger partial charge >= 0.3 is 6.03 Å². The van der Waals surface area contributed by atoms with Crippen LogP contribution in [-0.4, -0.2) is 62.9 Å². The fourth-order valence-corrected chi connectivity index (χ4v) is 4.31. The van der Waals surface area contributed by atoms with Crippen molar-refractivity contribution in [2.45, 2.75) is 37.0 Å². The second-order valence-corrected chi connectivity index (χ2v) is 9.05. The molecule has 0 unspecified atom stereocenters. The minimum atomic E-state index is -3.69. The zero-order valence-corrected chi connectivity index (χ0v) is 16.8. The van der Waals surface area contributed by atoms with Crippen LogP contribution in [0.3, 0.4) is 0 Å². The Kier molecular flexibility index (Phi) is 6.56. The number of carbonyl (C=O) groups excluding carboxylic acids is 2. The molecule has 0 saturated carbocycles. The summed E-state index contributed by atoms with van der Waals surface area (Å²) in [6, 6.07) is 6.39. The first-order valence-corrected chi connectivity index (χ1v) is 11.3. The highest BCUT2D eigenvalue weighted by Gasteiger charge is 2.31. The molecule has 0 bridgehead atoms. The first-order valence-electron chi connectivity index (χ1n) is 9.78. The Bertz CT molecular complexity index is 804. The number of nitrogens with two attached hydrogens (primary N) is 1. The maximum Gasteiger partial charge on any atom is 0.320 e. The molecule has 1 aromatic carbocycles. The Hall–Kier alpha value is -2.13. The number of rotatable bonds is 5. The number of nitrogens with zero attached hydrogens (tertiary/aromatic N) is 2. The molecule has 1 aromatic rings. The summed E-state index contributed by atoms with van der Waals surface area (Å²) in [4.78, 5) is 28.8. The lowest BCUT2D eigenvalue weighted by Crippen LogP contribution is -2.49. The van der Waals surface area contributed by atoms with Crippen LogP contribution in [0, 0.1) is 5.92 Å².